The fraction of sp³-hybridized carbons (Fsp3) is 0.120. The summed E-state index contributed by atoms with van der Waals surface area (Å²) in [5.41, 5.74) is 3.17. The Hall–Kier alpha value is -3.86. The predicted molar refractivity (Wildman–Crippen MR) is 126 cm³/mol. The van der Waals surface area contributed by atoms with Gasteiger partial charge < -0.3 is 14.7 Å². The molecule has 0 saturated heterocycles. The van der Waals surface area contributed by atoms with E-state index in [4.69, 9.17) is 9.97 Å². The zero-order valence-electron chi connectivity index (χ0n) is 17.5. The summed E-state index contributed by atoms with van der Waals surface area (Å²) < 4.78 is 0. The third-order valence-electron chi connectivity index (χ3n) is 5.11. The molecule has 0 N–H and O–H groups in total. The summed E-state index contributed by atoms with van der Waals surface area (Å²) in [4.78, 5) is 15.9. The van der Waals surface area contributed by atoms with Gasteiger partial charge in [-0.3, -0.25) is 0 Å². The highest BCUT2D eigenvalue weighted by atomic mass is 15.3. The number of nitrogens with zero attached hydrogens (tertiary/aromatic N) is 5. The van der Waals surface area contributed by atoms with Gasteiger partial charge in [-0.25, -0.2) is 0 Å². The maximum absolute atomic E-state index is 4.88. The Morgan fingerprint density at radius 2 is 0.800 bits per heavy atom. The maximum Gasteiger partial charge on any atom is 0.233 e. The van der Waals surface area contributed by atoms with E-state index < -0.39 is 0 Å². The Bertz CT molecular complexity index is 930. The molecule has 0 amide bonds. The molecule has 0 radical (unpaired) electrons. The molecule has 0 atom stereocenters. The van der Waals surface area contributed by atoms with E-state index in [0.29, 0.717) is 5.95 Å². The van der Waals surface area contributed by atoms with Crippen LogP contribution in [0.4, 0.5) is 34.6 Å². The summed E-state index contributed by atoms with van der Waals surface area (Å²) >= 11 is 0. The summed E-state index contributed by atoms with van der Waals surface area (Å²) in [6, 6.07) is 32.6. The number of rotatable bonds is 6. The van der Waals surface area contributed by atoms with Crippen LogP contribution in [0.2, 0.25) is 0 Å². The minimum absolute atomic E-state index is 0.638. The molecule has 5 nitrogen and oxygen atoms in total. The molecule has 0 aliphatic carbocycles. The van der Waals surface area contributed by atoms with Crippen molar-refractivity contribution in [3.63, 3.8) is 0 Å². The highest BCUT2D eigenvalue weighted by Crippen LogP contribution is 2.31. The zero-order valence-corrected chi connectivity index (χ0v) is 17.5. The van der Waals surface area contributed by atoms with Crippen molar-refractivity contribution in [2.45, 2.75) is 0 Å². The summed E-state index contributed by atoms with van der Waals surface area (Å²) in [5, 5.41) is 0. The van der Waals surface area contributed by atoms with Crippen LogP contribution in [-0.2, 0) is 0 Å². The van der Waals surface area contributed by atoms with Crippen LogP contribution in [0, 0.1) is 0 Å². The van der Waals surface area contributed by atoms with E-state index in [1.54, 1.807) is 0 Å². The number of hydrogen-bond acceptors (Lipinski definition) is 5. The second-order valence-corrected chi connectivity index (χ2v) is 7.07. The average Bonchev–Trinajstić information content (AvgIpc) is 2.84. The Morgan fingerprint density at radius 1 is 0.467 bits per heavy atom. The smallest absolute Gasteiger partial charge is 0.233 e. The molecule has 30 heavy (non-hydrogen) atoms. The molecular formula is C25H25N5. The van der Waals surface area contributed by atoms with Gasteiger partial charge in [0.15, 0.2) is 0 Å². The van der Waals surface area contributed by atoms with Crippen molar-refractivity contribution in [1.82, 2.24) is 9.97 Å². The van der Waals surface area contributed by atoms with Gasteiger partial charge in [0, 0.05) is 44.3 Å². The molecule has 150 valence electrons. The third kappa shape index (κ3) is 4.10. The molecule has 5 heteroatoms. The van der Waals surface area contributed by atoms with Crippen LogP contribution in [0.15, 0.2) is 97.1 Å². The van der Waals surface area contributed by atoms with E-state index in [1.807, 2.05) is 86.7 Å². The number of benzene rings is 3. The van der Waals surface area contributed by atoms with E-state index >= 15 is 0 Å². The minimum atomic E-state index is 0.638. The first-order valence-electron chi connectivity index (χ1n) is 9.89. The van der Waals surface area contributed by atoms with Gasteiger partial charge in [0.05, 0.1) is 0 Å². The lowest BCUT2D eigenvalue weighted by molar-refractivity contribution is 0.993. The minimum Gasteiger partial charge on any atom is -0.329 e. The van der Waals surface area contributed by atoms with Crippen LogP contribution < -0.4 is 14.7 Å². The zero-order chi connectivity index (χ0) is 20.9. The summed E-state index contributed by atoms with van der Waals surface area (Å²) in [7, 11) is 6.04. The van der Waals surface area contributed by atoms with Gasteiger partial charge in [-0.1, -0.05) is 54.6 Å². The maximum atomic E-state index is 4.88. The Morgan fingerprint density at radius 3 is 1.17 bits per heavy atom. The molecule has 0 fully saturated rings. The van der Waals surface area contributed by atoms with Crippen LogP contribution in [0.1, 0.15) is 0 Å². The number of para-hydroxylation sites is 3. The van der Waals surface area contributed by atoms with E-state index in [-0.39, 0.29) is 0 Å². The second kappa shape index (κ2) is 8.66. The molecule has 4 rings (SSSR count). The fourth-order valence-corrected chi connectivity index (χ4v) is 3.24. The highest BCUT2D eigenvalue weighted by Gasteiger charge is 2.16. The monoisotopic (exact) mass is 395 g/mol. The van der Waals surface area contributed by atoms with Crippen molar-refractivity contribution in [1.29, 1.82) is 0 Å². The van der Waals surface area contributed by atoms with Gasteiger partial charge in [0.25, 0.3) is 0 Å². The van der Waals surface area contributed by atoms with Crippen molar-refractivity contribution in [3.8, 4) is 0 Å². The van der Waals surface area contributed by atoms with Gasteiger partial charge in [0.2, 0.25) is 5.95 Å². The normalized spacial score (nSPS) is 10.5. The SMILES string of the molecule is CN(c1ccccc1)c1cc(N(C)c2ccccc2)nc(N(C)c2ccccc2)n1. The van der Waals surface area contributed by atoms with Crippen molar-refractivity contribution >= 4 is 34.6 Å². The first-order valence-corrected chi connectivity index (χ1v) is 9.89. The topological polar surface area (TPSA) is 35.5 Å². The molecule has 0 spiro atoms. The van der Waals surface area contributed by atoms with Crippen LogP contribution in [0.3, 0.4) is 0 Å². The molecule has 1 heterocycles. The molecule has 0 aliphatic rings. The Kier molecular flexibility index (Phi) is 5.61. The largest absolute Gasteiger partial charge is 0.329 e. The second-order valence-electron chi connectivity index (χ2n) is 7.07. The van der Waals surface area contributed by atoms with Crippen molar-refractivity contribution < 1.29 is 0 Å². The quantitative estimate of drug-likeness (QED) is 0.413. The van der Waals surface area contributed by atoms with Gasteiger partial charge in [-0.15, -0.1) is 0 Å². The Labute approximate surface area is 177 Å². The molecule has 0 unspecified atom stereocenters. The lowest BCUT2D eigenvalue weighted by atomic mass is 10.3. The van der Waals surface area contributed by atoms with E-state index in [1.165, 1.54) is 0 Å². The number of aromatic nitrogens is 2. The first kappa shape index (κ1) is 19.5. The van der Waals surface area contributed by atoms with Crippen LogP contribution in [-0.4, -0.2) is 31.1 Å². The summed E-state index contributed by atoms with van der Waals surface area (Å²) in [6.45, 7) is 0. The number of hydrogen-bond donors (Lipinski definition) is 0. The first-order chi connectivity index (χ1) is 14.6. The fourth-order valence-electron chi connectivity index (χ4n) is 3.24. The molecular weight excluding hydrogens is 370 g/mol. The molecule has 0 aliphatic heterocycles. The van der Waals surface area contributed by atoms with Gasteiger partial charge in [-0.05, 0) is 36.4 Å². The van der Waals surface area contributed by atoms with Crippen LogP contribution >= 0.6 is 0 Å². The van der Waals surface area contributed by atoms with Gasteiger partial charge >= 0.3 is 0 Å². The lowest BCUT2D eigenvalue weighted by Gasteiger charge is -2.26. The molecule has 0 bridgehead atoms. The van der Waals surface area contributed by atoms with Gasteiger partial charge in [0.1, 0.15) is 11.6 Å². The average molecular weight is 396 g/mol. The highest BCUT2D eigenvalue weighted by molar-refractivity contribution is 5.69. The molecule has 3 aromatic carbocycles. The predicted octanol–water partition coefficient (Wildman–Crippen LogP) is 5.78. The van der Waals surface area contributed by atoms with Crippen LogP contribution in [0.5, 0.6) is 0 Å². The Balaban J connectivity index is 1.79. The van der Waals surface area contributed by atoms with E-state index in [2.05, 4.69) is 46.2 Å². The third-order valence-corrected chi connectivity index (χ3v) is 5.11. The summed E-state index contributed by atoms with van der Waals surface area (Å²) in [6.07, 6.45) is 0. The van der Waals surface area contributed by atoms with Gasteiger partial charge in [-0.2, -0.15) is 9.97 Å². The van der Waals surface area contributed by atoms with Crippen molar-refractivity contribution in [2.75, 3.05) is 35.8 Å². The van der Waals surface area contributed by atoms with E-state index in [0.717, 1.165) is 28.7 Å². The summed E-state index contributed by atoms with van der Waals surface area (Å²) in [5.74, 6) is 2.29. The molecule has 0 saturated carbocycles. The number of anilines is 6. The molecule has 1 aromatic heterocycles. The lowest BCUT2D eigenvalue weighted by Crippen LogP contribution is -2.20. The van der Waals surface area contributed by atoms with Crippen molar-refractivity contribution in [2.24, 2.45) is 0 Å². The standard InChI is InChI=1S/C25H25N5/c1-28(20-13-7-4-8-14-20)23-19-24(29(2)21-15-9-5-10-16-21)27-25(26-23)30(3)22-17-11-6-12-18-22/h4-19H,1-3H3. The van der Waals surface area contributed by atoms with Crippen molar-refractivity contribution in [3.05, 3.63) is 97.1 Å². The van der Waals surface area contributed by atoms with E-state index in [9.17, 15) is 0 Å². The van der Waals surface area contributed by atoms with Crippen LogP contribution in [0.25, 0.3) is 0 Å². The molecule has 4 aromatic rings.